The molecule has 0 radical (unpaired) electrons. The summed E-state index contributed by atoms with van der Waals surface area (Å²) < 4.78 is 34.2. The third kappa shape index (κ3) is 34.5. The Morgan fingerprint density at radius 3 is 1.11 bits per heavy atom. The topological polar surface area (TPSA) is 307 Å². The zero-order chi connectivity index (χ0) is 64.7. The fourth-order valence-corrected chi connectivity index (χ4v) is 12.4. The summed E-state index contributed by atoms with van der Waals surface area (Å²) in [6, 6.07) is -0.984. The lowest BCUT2D eigenvalue weighted by Gasteiger charge is -2.48. The van der Waals surface area contributed by atoms with Crippen LogP contribution in [-0.4, -0.2) is 193 Å². The van der Waals surface area contributed by atoms with Gasteiger partial charge >= 0.3 is 0 Å². The van der Waals surface area contributed by atoms with Gasteiger partial charge in [0.15, 0.2) is 18.9 Å². The summed E-state index contributed by atoms with van der Waals surface area (Å²) in [7, 11) is 0. The van der Waals surface area contributed by atoms with E-state index in [1.165, 1.54) is 205 Å². The van der Waals surface area contributed by atoms with Crippen LogP contribution in [0.4, 0.5) is 0 Å². The van der Waals surface area contributed by atoms with Crippen LogP contribution in [0, 0.1) is 0 Å². The van der Waals surface area contributed by atoms with Crippen molar-refractivity contribution >= 4 is 5.91 Å². The van der Waals surface area contributed by atoms with Gasteiger partial charge in [0, 0.05) is 6.42 Å². The molecular formula is C70H131NO18. The van der Waals surface area contributed by atoms with E-state index in [0.717, 1.165) is 44.9 Å². The molecule has 19 nitrogen and oxygen atoms in total. The Morgan fingerprint density at radius 2 is 0.719 bits per heavy atom. The number of ether oxygens (including phenoxy) is 6. The van der Waals surface area contributed by atoms with E-state index < -0.39 is 124 Å². The fraction of sp³-hybridized carbons (Fsp3) is 0.929. The van der Waals surface area contributed by atoms with Gasteiger partial charge in [-0.1, -0.05) is 276 Å². The molecule has 3 rings (SSSR count). The summed E-state index contributed by atoms with van der Waals surface area (Å²) >= 11 is 0. The number of rotatable bonds is 56. The number of aliphatic hydroxyl groups excluding tert-OH is 11. The minimum absolute atomic E-state index is 0.240. The van der Waals surface area contributed by atoms with Crippen LogP contribution >= 0.6 is 0 Å². The molecule has 19 heteroatoms. The van der Waals surface area contributed by atoms with E-state index in [9.17, 15) is 61.0 Å². The van der Waals surface area contributed by atoms with Gasteiger partial charge in [-0.25, -0.2) is 0 Å². The Hall–Kier alpha value is -1.73. The highest BCUT2D eigenvalue weighted by Gasteiger charge is 2.53. The number of allylic oxidation sites excluding steroid dienone is 3. The standard InChI is InChI=1S/C70H131NO18/c1-3-5-7-9-11-13-14-15-16-17-18-19-20-21-22-23-24-25-26-27-28-29-30-31-32-33-34-35-36-37-38-39-40-42-44-46-48-58(76)71-53(54(75)47-45-43-41-12-10-8-6-4-2)52-84-68-64(82)61(79)66(56(50-73)86-68)89-70-65(83)62(80)67(57(51-74)87-70)88-69-63(81)60(78)59(77)55(49-72)85-69/h10,12,45,47,53-57,59-70,72-75,77-83H,3-9,11,13-44,46,48-52H2,1-2H3,(H,71,76)/b12-10+,47-45+. The molecule has 3 aliphatic rings. The Labute approximate surface area is 537 Å². The quantitative estimate of drug-likeness (QED) is 0.0199. The SMILES string of the molecule is CCCC/C=C/CC/C=C/C(O)C(COC1OC(CO)C(OC2OC(CO)C(OC3OC(CO)C(O)C(O)C3O)C(O)C2O)C(O)C1O)NC(=O)CCCCCCCCCCCCCCCCCCCCCCCCCCCCCCCCCCCCCC. The van der Waals surface area contributed by atoms with Crippen LogP contribution in [0.1, 0.15) is 284 Å². The molecule has 0 aliphatic carbocycles. The van der Waals surface area contributed by atoms with Crippen molar-refractivity contribution in [3.63, 3.8) is 0 Å². The van der Waals surface area contributed by atoms with Crippen molar-refractivity contribution in [1.82, 2.24) is 5.32 Å². The summed E-state index contributed by atoms with van der Waals surface area (Å²) in [5.74, 6) is -0.284. The van der Waals surface area contributed by atoms with Gasteiger partial charge in [-0.3, -0.25) is 4.79 Å². The minimum atomic E-state index is -1.98. The first-order valence-corrected chi connectivity index (χ1v) is 36.1. The number of carbonyl (C=O) groups excluding carboxylic acids is 1. The number of aliphatic hydroxyl groups is 11. The summed E-state index contributed by atoms with van der Waals surface area (Å²) in [6.07, 6.45) is 34.0. The molecule has 524 valence electrons. The third-order valence-electron chi connectivity index (χ3n) is 18.3. The maximum Gasteiger partial charge on any atom is 0.220 e. The Bertz CT molecular complexity index is 1710. The molecule has 3 fully saturated rings. The molecular weight excluding hydrogens is 1140 g/mol. The van der Waals surface area contributed by atoms with Crippen LogP contribution in [0.15, 0.2) is 24.3 Å². The molecule has 12 N–H and O–H groups in total. The lowest BCUT2D eigenvalue weighted by molar-refractivity contribution is -0.379. The first-order chi connectivity index (χ1) is 43.3. The zero-order valence-electron chi connectivity index (χ0n) is 55.4. The van der Waals surface area contributed by atoms with E-state index in [-0.39, 0.29) is 18.9 Å². The molecule has 3 saturated heterocycles. The maximum atomic E-state index is 13.3. The monoisotopic (exact) mass is 1270 g/mol. The van der Waals surface area contributed by atoms with Gasteiger partial charge in [-0.15, -0.1) is 0 Å². The Kier molecular flexibility index (Phi) is 48.1. The molecule has 0 aromatic heterocycles. The molecule has 3 aliphatic heterocycles. The van der Waals surface area contributed by atoms with Crippen LogP contribution in [0.2, 0.25) is 0 Å². The van der Waals surface area contributed by atoms with Crippen LogP contribution in [0.3, 0.4) is 0 Å². The molecule has 17 unspecified atom stereocenters. The van der Waals surface area contributed by atoms with Gasteiger partial charge in [0.2, 0.25) is 5.91 Å². The lowest BCUT2D eigenvalue weighted by atomic mass is 9.96. The predicted octanol–water partition coefficient (Wildman–Crippen LogP) is 9.83. The third-order valence-corrected chi connectivity index (χ3v) is 18.3. The molecule has 3 heterocycles. The zero-order valence-corrected chi connectivity index (χ0v) is 55.4. The minimum Gasteiger partial charge on any atom is -0.394 e. The summed E-state index contributed by atoms with van der Waals surface area (Å²) in [6.45, 7) is 1.64. The molecule has 1 amide bonds. The molecule has 0 aromatic rings. The van der Waals surface area contributed by atoms with Crippen molar-refractivity contribution in [3.05, 3.63) is 24.3 Å². The second kappa shape index (κ2) is 52.5. The predicted molar refractivity (Wildman–Crippen MR) is 346 cm³/mol. The average molecular weight is 1270 g/mol. The Balaban J connectivity index is 1.27. The van der Waals surface area contributed by atoms with Crippen LogP contribution < -0.4 is 5.32 Å². The number of carbonyl (C=O) groups is 1. The highest BCUT2D eigenvalue weighted by atomic mass is 16.8. The molecule has 0 aromatic carbocycles. The van der Waals surface area contributed by atoms with Crippen LogP contribution in [0.5, 0.6) is 0 Å². The maximum absolute atomic E-state index is 13.3. The normalized spacial score (nSPS) is 28.3. The summed E-state index contributed by atoms with van der Waals surface area (Å²) in [5.41, 5.74) is 0. The van der Waals surface area contributed by atoms with Gasteiger partial charge in [0.1, 0.15) is 73.2 Å². The molecule has 17 atom stereocenters. The van der Waals surface area contributed by atoms with Crippen LogP contribution in [0.25, 0.3) is 0 Å². The van der Waals surface area contributed by atoms with Crippen molar-refractivity contribution in [2.24, 2.45) is 0 Å². The molecule has 89 heavy (non-hydrogen) atoms. The summed E-state index contributed by atoms with van der Waals surface area (Å²) in [4.78, 5) is 13.3. The van der Waals surface area contributed by atoms with Crippen molar-refractivity contribution < 1.29 is 89.4 Å². The van der Waals surface area contributed by atoms with Gasteiger partial charge < -0.3 is 89.9 Å². The Morgan fingerprint density at radius 1 is 0.393 bits per heavy atom. The van der Waals surface area contributed by atoms with Crippen molar-refractivity contribution in [1.29, 1.82) is 0 Å². The fourth-order valence-electron chi connectivity index (χ4n) is 12.4. The smallest absolute Gasteiger partial charge is 0.220 e. The molecule has 0 bridgehead atoms. The molecule has 0 spiro atoms. The lowest BCUT2D eigenvalue weighted by Crippen LogP contribution is -2.66. The first kappa shape index (κ1) is 81.5. The highest BCUT2D eigenvalue weighted by Crippen LogP contribution is 2.33. The van der Waals surface area contributed by atoms with E-state index in [0.29, 0.717) is 12.8 Å². The number of unbranched alkanes of at least 4 members (excludes halogenated alkanes) is 38. The van der Waals surface area contributed by atoms with Gasteiger partial charge in [0.05, 0.1) is 38.6 Å². The first-order valence-electron chi connectivity index (χ1n) is 36.1. The largest absolute Gasteiger partial charge is 0.394 e. The van der Waals surface area contributed by atoms with Crippen LogP contribution in [-0.2, 0) is 33.2 Å². The second-order valence-corrected chi connectivity index (χ2v) is 26.1. The van der Waals surface area contributed by atoms with E-state index >= 15 is 0 Å². The second-order valence-electron chi connectivity index (χ2n) is 26.1. The summed E-state index contributed by atoms with van der Waals surface area (Å²) in [5, 5.41) is 120. The molecule has 0 saturated carbocycles. The number of hydrogen-bond donors (Lipinski definition) is 12. The average Bonchev–Trinajstić information content (AvgIpc) is 2.25. The van der Waals surface area contributed by atoms with E-state index in [1.807, 2.05) is 6.08 Å². The van der Waals surface area contributed by atoms with Gasteiger partial charge in [-0.05, 0) is 25.7 Å². The highest BCUT2D eigenvalue weighted by molar-refractivity contribution is 5.76. The number of amides is 1. The van der Waals surface area contributed by atoms with Crippen molar-refractivity contribution in [2.75, 3.05) is 26.4 Å². The van der Waals surface area contributed by atoms with E-state index in [1.54, 1.807) is 6.08 Å². The van der Waals surface area contributed by atoms with E-state index in [2.05, 4.69) is 31.3 Å². The van der Waals surface area contributed by atoms with Crippen molar-refractivity contribution in [2.45, 2.75) is 388 Å². The van der Waals surface area contributed by atoms with Crippen molar-refractivity contribution in [3.8, 4) is 0 Å². The van der Waals surface area contributed by atoms with Gasteiger partial charge in [0.25, 0.3) is 0 Å². The number of hydrogen-bond acceptors (Lipinski definition) is 18. The van der Waals surface area contributed by atoms with Gasteiger partial charge in [-0.2, -0.15) is 0 Å². The number of nitrogens with one attached hydrogen (secondary N) is 1. The van der Waals surface area contributed by atoms with E-state index in [4.69, 9.17) is 28.4 Å².